The predicted molar refractivity (Wildman–Crippen MR) is 59.1 cm³/mol. The van der Waals surface area contributed by atoms with E-state index in [0.717, 1.165) is 24.8 Å². The molecule has 1 aliphatic rings. The topological polar surface area (TPSA) is 67.2 Å². The molecule has 0 spiro atoms. The van der Waals surface area contributed by atoms with Gasteiger partial charge in [-0.3, -0.25) is 14.8 Å². The van der Waals surface area contributed by atoms with Gasteiger partial charge in [0, 0.05) is 24.3 Å². The summed E-state index contributed by atoms with van der Waals surface area (Å²) >= 11 is 0. The lowest BCUT2D eigenvalue weighted by Crippen LogP contribution is -2.37. The molecular formula is C11H17N3O2. The van der Waals surface area contributed by atoms with Crippen molar-refractivity contribution in [1.29, 1.82) is 0 Å². The smallest absolute Gasteiger partial charge is 0.320 e. The van der Waals surface area contributed by atoms with E-state index in [1.54, 1.807) is 6.92 Å². The number of carbonyl (C=O) groups is 1. The quantitative estimate of drug-likeness (QED) is 0.797. The third-order valence-corrected chi connectivity index (χ3v) is 3.20. The summed E-state index contributed by atoms with van der Waals surface area (Å²) < 4.78 is 1.88. The maximum absolute atomic E-state index is 10.8. The van der Waals surface area contributed by atoms with Crippen LogP contribution in [0.25, 0.3) is 0 Å². The molecule has 1 aromatic heterocycles. The Labute approximate surface area is 94.5 Å². The molecule has 2 unspecified atom stereocenters. The average molecular weight is 223 g/mol. The van der Waals surface area contributed by atoms with Crippen molar-refractivity contribution in [3.8, 4) is 0 Å². The Kier molecular flexibility index (Phi) is 2.96. The Morgan fingerprint density at radius 1 is 1.75 bits per heavy atom. The number of rotatable bonds is 3. The van der Waals surface area contributed by atoms with Crippen molar-refractivity contribution in [3.05, 3.63) is 17.5 Å². The highest BCUT2D eigenvalue weighted by atomic mass is 16.4. The fraction of sp³-hybridized carbons (Fsp3) is 0.636. The summed E-state index contributed by atoms with van der Waals surface area (Å²) in [5.41, 5.74) is 2.38. The van der Waals surface area contributed by atoms with Crippen molar-refractivity contribution in [2.24, 2.45) is 7.05 Å². The lowest BCUT2D eigenvalue weighted by Gasteiger charge is -2.25. The second-order valence-electron chi connectivity index (χ2n) is 4.34. The van der Waals surface area contributed by atoms with Gasteiger partial charge >= 0.3 is 5.97 Å². The van der Waals surface area contributed by atoms with Crippen LogP contribution in [0.2, 0.25) is 0 Å². The normalized spacial score (nSPS) is 21.5. The number of aryl methyl sites for hydroxylation is 1. The van der Waals surface area contributed by atoms with Crippen LogP contribution in [0.15, 0.2) is 6.20 Å². The summed E-state index contributed by atoms with van der Waals surface area (Å²) in [7, 11) is 1.93. The van der Waals surface area contributed by atoms with Crippen molar-refractivity contribution in [3.63, 3.8) is 0 Å². The molecule has 88 valence electrons. The number of fused-ring (bicyclic) bond motifs is 1. The molecule has 1 aliphatic carbocycles. The molecule has 0 bridgehead atoms. The van der Waals surface area contributed by atoms with E-state index in [4.69, 9.17) is 5.11 Å². The van der Waals surface area contributed by atoms with E-state index in [0.29, 0.717) is 0 Å². The number of nitrogens with one attached hydrogen (secondary N) is 1. The van der Waals surface area contributed by atoms with Gasteiger partial charge in [0.05, 0.1) is 6.20 Å². The third kappa shape index (κ3) is 1.95. The van der Waals surface area contributed by atoms with Crippen LogP contribution in [0, 0.1) is 0 Å². The fourth-order valence-corrected chi connectivity index (χ4v) is 2.25. The van der Waals surface area contributed by atoms with E-state index in [-0.39, 0.29) is 6.04 Å². The van der Waals surface area contributed by atoms with Crippen LogP contribution in [-0.4, -0.2) is 26.9 Å². The predicted octanol–water partition coefficient (Wildman–Crippen LogP) is 0.860. The summed E-state index contributed by atoms with van der Waals surface area (Å²) in [5, 5.41) is 16.2. The van der Waals surface area contributed by atoms with E-state index in [1.165, 1.54) is 5.69 Å². The minimum atomic E-state index is -0.809. The molecule has 0 amide bonds. The zero-order chi connectivity index (χ0) is 11.7. The molecule has 1 aromatic rings. The molecule has 1 heterocycles. The van der Waals surface area contributed by atoms with Crippen molar-refractivity contribution >= 4 is 5.97 Å². The molecule has 0 fully saturated rings. The lowest BCUT2D eigenvalue weighted by molar-refractivity contribution is -0.139. The number of carboxylic acid groups (broad SMARTS) is 1. The van der Waals surface area contributed by atoms with E-state index >= 15 is 0 Å². The Morgan fingerprint density at radius 2 is 2.50 bits per heavy atom. The number of hydrogen-bond acceptors (Lipinski definition) is 3. The number of hydrogen-bond donors (Lipinski definition) is 2. The van der Waals surface area contributed by atoms with Gasteiger partial charge in [0.1, 0.15) is 6.04 Å². The van der Waals surface area contributed by atoms with Crippen LogP contribution in [-0.2, 0) is 18.3 Å². The van der Waals surface area contributed by atoms with Crippen LogP contribution in [0.3, 0.4) is 0 Å². The van der Waals surface area contributed by atoms with Crippen LogP contribution >= 0.6 is 0 Å². The highest BCUT2D eigenvalue weighted by Gasteiger charge is 2.25. The molecule has 16 heavy (non-hydrogen) atoms. The summed E-state index contributed by atoms with van der Waals surface area (Å²) in [6.07, 6.45) is 4.94. The molecule has 0 aliphatic heterocycles. The molecule has 2 rings (SSSR count). The lowest BCUT2D eigenvalue weighted by atomic mass is 9.92. The number of aromatic nitrogens is 2. The Morgan fingerprint density at radius 3 is 3.19 bits per heavy atom. The van der Waals surface area contributed by atoms with Gasteiger partial charge in [-0.05, 0) is 26.2 Å². The monoisotopic (exact) mass is 223 g/mol. The minimum absolute atomic E-state index is 0.128. The third-order valence-electron chi connectivity index (χ3n) is 3.20. The fourth-order valence-electron chi connectivity index (χ4n) is 2.25. The SMILES string of the molecule is CC(NC1CCCc2c1cnn2C)C(=O)O. The number of nitrogens with zero attached hydrogens (tertiary/aromatic N) is 2. The Bertz CT molecular complexity index is 400. The van der Waals surface area contributed by atoms with Crippen molar-refractivity contribution in [2.45, 2.75) is 38.3 Å². The standard InChI is InChI=1S/C11H17N3O2/c1-7(11(15)16)13-9-4-3-5-10-8(9)6-12-14(10)2/h6-7,9,13H,3-5H2,1-2H3,(H,15,16). The van der Waals surface area contributed by atoms with E-state index in [2.05, 4.69) is 10.4 Å². The highest BCUT2D eigenvalue weighted by molar-refractivity contribution is 5.72. The zero-order valence-corrected chi connectivity index (χ0v) is 9.60. The molecule has 2 N–H and O–H groups in total. The van der Waals surface area contributed by atoms with Crippen LogP contribution in [0.1, 0.15) is 37.1 Å². The maximum Gasteiger partial charge on any atom is 0.320 e. The molecule has 0 saturated heterocycles. The summed E-state index contributed by atoms with van der Waals surface area (Å²) in [5.74, 6) is -0.809. The van der Waals surface area contributed by atoms with Crippen molar-refractivity contribution in [2.75, 3.05) is 0 Å². The minimum Gasteiger partial charge on any atom is -0.480 e. The van der Waals surface area contributed by atoms with Crippen LogP contribution in [0.4, 0.5) is 0 Å². The zero-order valence-electron chi connectivity index (χ0n) is 9.60. The average Bonchev–Trinajstić information content (AvgIpc) is 2.62. The van der Waals surface area contributed by atoms with Gasteiger partial charge in [0.2, 0.25) is 0 Å². The number of carboxylic acids is 1. The first kappa shape index (κ1) is 11.1. The van der Waals surface area contributed by atoms with E-state index in [1.807, 2.05) is 17.9 Å². The summed E-state index contributed by atoms with van der Waals surface area (Å²) in [6, 6.07) is -0.389. The first-order valence-electron chi connectivity index (χ1n) is 5.59. The van der Waals surface area contributed by atoms with Crippen molar-refractivity contribution < 1.29 is 9.90 Å². The van der Waals surface area contributed by atoms with E-state index in [9.17, 15) is 4.79 Å². The molecule has 0 saturated carbocycles. The first-order chi connectivity index (χ1) is 7.59. The largest absolute Gasteiger partial charge is 0.480 e. The van der Waals surface area contributed by atoms with Gasteiger partial charge in [-0.1, -0.05) is 0 Å². The molecule has 0 aromatic carbocycles. The summed E-state index contributed by atoms with van der Waals surface area (Å²) in [4.78, 5) is 10.8. The highest BCUT2D eigenvalue weighted by Crippen LogP contribution is 2.29. The van der Waals surface area contributed by atoms with Gasteiger partial charge in [0.25, 0.3) is 0 Å². The van der Waals surface area contributed by atoms with Gasteiger partial charge < -0.3 is 5.11 Å². The van der Waals surface area contributed by atoms with Gasteiger partial charge in [-0.25, -0.2) is 0 Å². The molecule has 5 heteroatoms. The molecule has 5 nitrogen and oxygen atoms in total. The summed E-state index contributed by atoms with van der Waals surface area (Å²) in [6.45, 7) is 1.67. The molecule has 2 atom stereocenters. The van der Waals surface area contributed by atoms with Crippen molar-refractivity contribution in [1.82, 2.24) is 15.1 Å². The van der Waals surface area contributed by atoms with Gasteiger partial charge in [-0.15, -0.1) is 0 Å². The molecule has 0 radical (unpaired) electrons. The van der Waals surface area contributed by atoms with Gasteiger partial charge in [-0.2, -0.15) is 5.10 Å². The maximum atomic E-state index is 10.8. The Balaban J connectivity index is 2.16. The van der Waals surface area contributed by atoms with Crippen LogP contribution < -0.4 is 5.32 Å². The number of aliphatic carboxylic acids is 1. The Hall–Kier alpha value is -1.36. The van der Waals surface area contributed by atoms with Crippen LogP contribution in [0.5, 0.6) is 0 Å². The second-order valence-corrected chi connectivity index (χ2v) is 4.34. The van der Waals surface area contributed by atoms with Gasteiger partial charge in [0.15, 0.2) is 0 Å². The molecular weight excluding hydrogens is 206 g/mol. The van der Waals surface area contributed by atoms with E-state index < -0.39 is 12.0 Å². The second kappa shape index (κ2) is 4.25. The first-order valence-corrected chi connectivity index (χ1v) is 5.59.